The summed E-state index contributed by atoms with van der Waals surface area (Å²) in [5.41, 5.74) is 2.71. The summed E-state index contributed by atoms with van der Waals surface area (Å²) < 4.78 is 3.57. The third-order valence-electron chi connectivity index (χ3n) is 4.32. The zero-order valence-electron chi connectivity index (χ0n) is 14.3. The molecule has 1 N–H and O–H groups in total. The normalized spacial score (nSPS) is 12.2. The van der Waals surface area contributed by atoms with Gasteiger partial charge in [-0.2, -0.15) is 5.10 Å². The fraction of sp³-hybridized carbons (Fsp3) is 0.158. The number of hydrogen-bond donors (Lipinski definition) is 1. The van der Waals surface area contributed by atoms with E-state index in [9.17, 15) is 4.79 Å². The van der Waals surface area contributed by atoms with Gasteiger partial charge in [-0.3, -0.25) is 4.79 Å². The van der Waals surface area contributed by atoms with Gasteiger partial charge in [-0.25, -0.2) is 14.6 Å². The lowest BCUT2D eigenvalue weighted by Crippen LogP contribution is -2.30. The number of fused-ring (bicyclic) bond motifs is 1. The molecule has 0 aliphatic heterocycles. The van der Waals surface area contributed by atoms with Crippen LogP contribution in [0.2, 0.25) is 0 Å². The van der Waals surface area contributed by atoms with Gasteiger partial charge in [0.1, 0.15) is 6.04 Å². The number of carbonyl (C=O) groups is 1. The zero-order chi connectivity index (χ0) is 17.9. The molecule has 3 heterocycles. The highest BCUT2D eigenvalue weighted by molar-refractivity contribution is 5.83. The molecule has 0 bridgehead atoms. The zero-order valence-corrected chi connectivity index (χ0v) is 14.3. The number of carbonyl (C=O) groups excluding carboxylic acids is 1. The van der Waals surface area contributed by atoms with E-state index in [0.717, 1.165) is 16.6 Å². The minimum Gasteiger partial charge on any atom is -0.350 e. The summed E-state index contributed by atoms with van der Waals surface area (Å²) >= 11 is 0. The Balaban J connectivity index is 1.51. The predicted molar refractivity (Wildman–Crippen MR) is 97.6 cm³/mol. The number of benzene rings is 1. The molecule has 3 aromatic heterocycles. The van der Waals surface area contributed by atoms with E-state index < -0.39 is 0 Å². The van der Waals surface area contributed by atoms with Crippen molar-refractivity contribution in [1.29, 1.82) is 0 Å². The third kappa shape index (κ3) is 2.95. The minimum atomic E-state index is -0.368. The SMILES string of the molecule is CC(C(=O)NCc1cccnc1-n1cccn1)n1cnc2ccccc21. The van der Waals surface area contributed by atoms with Crippen molar-refractivity contribution in [2.75, 3.05) is 0 Å². The Morgan fingerprint density at radius 1 is 1.12 bits per heavy atom. The molecule has 0 spiro atoms. The summed E-state index contributed by atoms with van der Waals surface area (Å²) in [7, 11) is 0. The van der Waals surface area contributed by atoms with Gasteiger partial charge < -0.3 is 9.88 Å². The Hall–Kier alpha value is -3.48. The lowest BCUT2D eigenvalue weighted by molar-refractivity contribution is -0.123. The van der Waals surface area contributed by atoms with Crippen LogP contribution in [0.4, 0.5) is 0 Å². The molecule has 1 aromatic carbocycles. The molecule has 7 nitrogen and oxygen atoms in total. The smallest absolute Gasteiger partial charge is 0.243 e. The molecule has 4 rings (SSSR count). The number of imidazole rings is 1. The number of aromatic nitrogens is 5. The molecular formula is C19H18N6O. The molecule has 0 saturated heterocycles. The van der Waals surface area contributed by atoms with Crippen LogP contribution in [0, 0.1) is 0 Å². The minimum absolute atomic E-state index is 0.0802. The standard InChI is InChI=1S/C19H18N6O/c1-14(24-13-22-16-7-2-3-8-17(16)24)19(26)21-12-15-6-4-9-20-18(15)25-11-5-10-23-25/h2-11,13-14H,12H2,1H3,(H,21,26). The van der Waals surface area contributed by atoms with Gasteiger partial charge in [0.05, 0.1) is 17.4 Å². The number of amides is 1. The number of nitrogens with zero attached hydrogens (tertiary/aromatic N) is 5. The van der Waals surface area contributed by atoms with Gasteiger partial charge in [-0.15, -0.1) is 0 Å². The lowest BCUT2D eigenvalue weighted by atomic mass is 10.2. The Labute approximate surface area is 150 Å². The molecular weight excluding hydrogens is 328 g/mol. The summed E-state index contributed by atoms with van der Waals surface area (Å²) in [6.07, 6.45) is 6.94. The molecule has 0 saturated carbocycles. The molecule has 7 heteroatoms. The predicted octanol–water partition coefficient (Wildman–Crippen LogP) is 2.49. The van der Waals surface area contributed by atoms with Crippen LogP contribution < -0.4 is 5.32 Å². The van der Waals surface area contributed by atoms with E-state index in [0.29, 0.717) is 12.4 Å². The molecule has 26 heavy (non-hydrogen) atoms. The highest BCUT2D eigenvalue weighted by Gasteiger charge is 2.17. The monoisotopic (exact) mass is 346 g/mol. The number of nitrogens with one attached hydrogen (secondary N) is 1. The quantitative estimate of drug-likeness (QED) is 0.602. The average molecular weight is 346 g/mol. The summed E-state index contributed by atoms with van der Waals surface area (Å²) in [5.74, 6) is 0.627. The van der Waals surface area contributed by atoms with Crippen LogP contribution in [-0.4, -0.2) is 30.2 Å². The van der Waals surface area contributed by atoms with E-state index in [1.165, 1.54) is 0 Å². The van der Waals surface area contributed by atoms with Gasteiger partial charge >= 0.3 is 0 Å². The van der Waals surface area contributed by atoms with Crippen molar-refractivity contribution in [3.63, 3.8) is 0 Å². The van der Waals surface area contributed by atoms with E-state index in [4.69, 9.17) is 0 Å². The highest BCUT2D eigenvalue weighted by atomic mass is 16.2. The molecule has 0 aliphatic carbocycles. The van der Waals surface area contributed by atoms with Gasteiger partial charge in [0.2, 0.25) is 5.91 Å². The summed E-state index contributed by atoms with van der Waals surface area (Å²) in [4.78, 5) is 21.4. The molecule has 0 aliphatic rings. The van der Waals surface area contributed by atoms with E-state index in [-0.39, 0.29) is 11.9 Å². The maximum Gasteiger partial charge on any atom is 0.243 e. The largest absolute Gasteiger partial charge is 0.350 e. The van der Waals surface area contributed by atoms with E-state index in [1.807, 2.05) is 60.2 Å². The van der Waals surface area contributed by atoms with Crippen molar-refractivity contribution < 1.29 is 4.79 Å². The molecule has 1 amide bonds. The first-order valence-corrected chi connectivity index (χ1v) is 8.37. The van der Waals surface area contributed by atoms with Crippen LogP contribution in [0.25, 0.3) is 16.9 Å². The maximum absolute atomic E-state index is 12.7. The second kappa shape index (κ2) is 6.79. The Morgan fingerprint density at radius 3 is 2.85 bits per heavy atom. The average Bonchev–Trinajstić information content (AvgIpc) is 3.35. The molecule has 1 atom stereocenters. The number of pyridine rings is 1. The lowest BCUT2D eigenvalue weighted by Gasteiger charge is -2.15. The van der Waals surface area contributed by atoms with Gasteiger partial charge in [0.15, 0.2) is 5.82 Å². The Kier molecular flexibility index (Phi) is 4.18. The van der Waals surface area contributed by atoms with E-state index in [1.54, 1.807) is 23.4 Å². The Morgan fingerprint density at radius 2 is 2.00 bits per heavy atom. The van der Waals surface area contributed by atoms with Crippen LogP contribution in [0.5, 0.6) is 0 Å². The summed E-state index contributed by atoms with van der Waals surface area (Å²) in [6.45, 7) is 2.24. The van der Waals surface area contributed by atoms with Crippen molar-refractivity contribution in [3.8, 4) is 5.82 Å². The van der Waals surface area contributed by atoms with Crippen LogP contribution in [0.3, 0.4) is 0 Å². The molecule has 130 valence electrons. The fourth-order valence-electron chi connectivity index (χ4n) is 2.91. The first-order valence-electron chi connectivity index (χ1n) is 8.37. The summed E-state index contributed by atoms with van der Waals surface area (Å²) in [6, 6.07) is 13.0. The molecule has 4 aromatic rings. The second-order valence-corrected chi connectivity index (χ2v) is 5.97. The van der Waals surface area contributed by atoms with E-state index >= 15 is 0 Å². The van der Waals surface area contributed by atoms with Crippen molar-refractivity contribution in [3.05, 3.63) is 72.9 Å². The Bertz CT molecular complexity index is 1040. The number of rotatable bonds is 5. The first kappa shape index (κ1) is 16.0. The maximum atomic E-state index is 12.7. The van der Waals surface area contributed by atoms with Crippen LogP contribution in [0.15, 0.2) is 67.4 Å². The highest BCUT2D eigenvalue weighted by Crippen LogP contribution is 2.18. The third-order valence-corrected chi connectivity index (χ3v) is 4.32. The van der Waals surface area contributed by atoms with Crippen LogP contribution in [-0.2, 0) is 11.3 Å². The molecule has 0 radical (unpaired) electrons. The van der Waals surface area contributed by atoms with Crippen LogP contribution in [0.1, 0.15) is 18.5 Å². The van der Waals surface area contributed by atoms with Crippen molar-refractivity contribution in [2.45, 2.75) is 19.5 Å². The van der Waals surface area contributed by atoms with Crippen molar-refractivity contribution >= 4 is 16.9 Å². The van der Waals surface area contributed by atoms with Gasteiger partial charge in [-0.05, 0) is 31.2 Å². The van der Waals surface area contributed by atoms with Gasteiger partial charge in [0.25, 0.3) is 0 Å². The van der Waals surface area contributed by atoms with Crippen LogP contribution >= 0.6 is 0 Å². The fourth-order valence-corrected chi connectivity index (χ4v) is 2.91. The van der Waals surface area contributed by atoms with Crippen molar-refractivity contribution in [2.24, 2.45) is 0 Å². The number of hydrogen-bond acceptors (Lipinski definition) is 4. The topological polar surface area (TPSA) is 77.6 Å². The number of para-hydroxylation sites is 2. The second-order valence-electron chi connectivity index (χ2n) is 5.97. The van der Waals surface area contributed by atoms with Crippen molar-refractivity contribution in [1.82, 2.24) is 29.6 Å². The molecule has 1 unspecified atom stereocenters. The van der Waals surface area contributed by atoms with E-state index in [2.05, 4.69) is 20.4 Å². The first-order chi connectivity index (χ1) is 12.7. The summed E-state index contributed by atoms with van der Waals surface area (Å²) in [5, 5.41) is 7.20. The molecule has 0 fully saturated rings. The van der Waals surface area contributed by atoms with Gasteiger partial charge in [0, 0.05) is 30.7 Å². The van der Waals surface area contributed by atoms with Gasteiger partial charge in [-0.1, -0.05) is 18.2 Å².